The highest BCUT2D eigenvalue weighted by Gasteiger charge is 2.11. The van der Waals surface area contributed by atoms with Crippen molar-refractivity contribution in [1.82, 2.24) is 4.98 Å². The summed E-state index contributed by atoms with van der Waals surface area (Å²) in [5.74, 6) is -0.965. The van der Waals surface area contributed by atoms with E-state index < -0.39 is 5.97 Å². The Labute approximate surface area is 94.4 Å². The van der Waals surface area contributed by atoms with Gasteiger partial charge in [0.15, 0.2) is 11.5 Å². The zero-order valence-electron chi connectivity index (χ0n) is 10.7. The minimum Gasteiger partial charge on any atom is -0.504 e. The first-order chi connectivity index (χ1) is 8.51. The first-order valence-corrected chi connectivity index (χ1v) is 4.48. The minimum atomic E-state index is -0.700. The van der Waals surface area contributed by atoms with Gasteiger partial charge in [-0.1, -0.05) is 0 Å². The molecule has 0 saturated heterocycles. The SMILES string of the molecule is [2H]c1c(C(=O)OC)[nH]c2cc(OC)c(O)c([2H])c12. The highest BCUT2D eigenvalue weighted by molar-refractivity contribution is 5.95. The molecular weight excluding hydrogens is 210 g/mol. The number of hydrogen-bond acceptors (Lipinski definition) is 4. The topological polar surface area (TPSA) is 71.6 Å². The molecule has 0 aliphatic rings. The Morgan fingerprint density at radius 1 is 1.50 bits per heavy atom. The predicted molar refractivity (Wildman–Crippen MR) is 57.9 cm³/mol. The van der Waals surface area contributed by atoms with Gasteiger partial charge in [0.25, 0.3) is 0 Å². The highest BCUT2D eigenvalue weighted by Crippen LogP contribution is 2.31. The molecule has 0 radical (unpaired) electrons. The number of phenols is 1. The van der Waals surface area contributed by atoms with E-state index in [4.69, 9.17) is 7.48 Å². The van der Waals surface area contributed by atoms with Crippen LogP contribution in [-0.2, 0) is 4.74 Å². The van der Waals surface area contributed by atoms with Crippen molar-refractivity contribution in [3.05, 3.63) is 23.8 Å². The number of fused-ring (bicyclic) bond motifs is 1. The van der Waals surface area contributed by atoms with E-state index in [2.05, 4.69) is 9.72 Å². The molecule has 0 unspecified atom stereocenters. The number of benzene rings is 1. The number of phenolic OH excluding ortho intramolecular Hbond substituents is 1. The molecule has 84 valence electrons. The van der Waals surface area contributed by atoms with E-state index in [1.54, 1.807) is 0 Å². The molecule has 1 aromatic carbocycles. The summed E-state index contributed by atoms with van der Waals surface area (Å²) in [5.41, 5.74) is 0.300. The van der Waals surface area contributed by atoms with Crippen LogP contribution in [0.5, 0.6) is 11.5 Å². The zero-order valence-corrected chi connectivity index (χ0v) is 8.75. The monoisotopic (exact) mass is 223 g/mol. The van der Waals surface area contributed by atoms with E-state index in [1.807, 2.05) is 0 Å². The van der Waals surface area contributed by atoms with Gasteiger partial charge in [-0.25, -0.2) is 4.79 Å². The number of aromatic nitrogens is 1. The quantitative estimate of drug-likeness (QED) is 0.759. The Morgan fingerprint density at radius 3 is 2.88 bits per heavy atom. The number of H-pyrrole nitrogens is 1. The number of carbonyl (C=O) groups excluding carboxylic acids is 1. The lowest BCUT2D eigenvalue weighted by molar-refractivity contribution is 0.0595. The second kappa shape index (κ2) is 3.77. The van der Waals surface area contributed by atoms with E-state index in [0.29, 0.717) is 5.52 Å². The van der Waals surface area contributed by atoms with Gasteiger partial charge >= 0.3 is 5.97 Å². The number of aromatic hydroxyl groups is 1. The van der Waals surface area contributed by atoms with E-state index in [0.717, 1.165) is 0 Å². The molecule has 0 fully saturated rings. The Hall–Kier alpha value is -2.17. The second-order valence-corrected chi connectivity index (χ2v) is 3.09. The second-order valence-electron chi connectivity index (χ2n) is 3.09. The highest BCUT2D eigenvalue weighted by atomic mass is 16.5. The van der Waals surface area contributed by atoms with Crippen LogP contribution < -0.4 is 4.74 Å². The van der Waals surface area contributed by atoms with E-state index in [1.165, 1.54) is 20.3 Å². The van der Waals surface area contributed by atoms with Gasteiger partial charge in [0.05, 0.1) is 22.5 Å². The smallest absolute Gasteiger partial charge is 0.354 e. The molecule has 0 aliphatic carbocycles. The van der Waals surface area contributed by atoms with Crippen LogP contribution >= 0.6 is 0 Å². The fourth-order valence-electron chi connectivity index (χ4n) is 1.37. The molecule has 0 saturated carbocycles. The van der Waals surface area contributed by atoms with Crippen LogP contribution in [-0.4, -0.2) is 30.3 Å². The molecule has 5 heteroatoms. The van der Waals surface area contributed by atoms with Crippen molar-refractivity contribution in [3.8, 4) is 11.5 Å². The summed E-state index contributed by atoms with van der Waals surface area (Å²) in [5, 5.41) is 9.85. The molecule has 0 bridgehead atoms. The fourth-order valence-corrected chi connectivity index (χ4v) is 1.37. The first-order valence-electron chi connectivity index (χ1n) is 5.48. The summed E-state index contributed by atoms with van der Waals surface area (Å²) in [7, 11) is 2.55. The molecule has 2 rings (SSSR count). The lowest BCUT2D eigenvalue weighted by atomic mass is 10.2. The fraction of sp³-hybridized carbons (Fsp3) is 0.182. The number of methoxy groups -OCH3 is 2. The third-order valence-corrected chi connectivity index (χ3v) is 2.14. The molecule has 5 nitrogen and oxygen atoms in total. The average Bonchev–Trinajstić information content (AvgIpc) is 2.70. The summed E-state index contributed by atoms with van der Waals surface area (Å²) >= 11 is 0. The lowest BCUT2D eigenvalue weighted by Gasteiger charge is -2.02. The zero-order chi connectivity index (χ0) is 13.4. The van der Waals surface area contributed by atoms with Gasteiger partial charge in [-0.15, -0.1) is 0 Å². The van der Waals surface area contributed by atoms with Gasteiger partial charge in [-0.3, -0.25) is 0 Å². The van der Waals surface area contributed by atoms with Crippen LogP contribution in [0.15, 0.2) is 18.2 Å². The van der Waals surface area contributed by atoms with Crippen molar-refractivity contribution in [1.29, 1.82) is 0 Å². The van der Waals surface area contributed by atoms with Crippen LogP contribution in [0.3, 0.4) is 0 Å². The summed E-state index contributed by atoms with van der Waals surface area (Å²) in [4.78, 5) is 14.1. The van der Waals surface area contributed by atoms with Gasteiger partial charge < -0.3 is 19.6 Å². The van der Waals surface area contributed by atoms with Gasteiger partial charge in [0, 0.05) is 11.5 Å². The van der Waals surface area contributed by atoms with E-state index in [-0.39, 0.29) is 34.7 Å². The third kappa shape index (κ3) is 1.56. The molecule has 2 N–H and O–H groups in total. The normalized spacial score (nSPS) is 12.1. The van der Waals surface area contributed by atoms with Crippen molar-refractivity contribution in [2.45, 2.75) is 0 Å². The van der Waals surface area contributed by atoms with Crippen molar-refractivity contribution >= 4 is 16.9 Å². The van der Waals surface area contributed by atoms with Gasteiger partial charge in [0.1, 0.15) is 5.69 Å². The van der Waals surface area contributed by atoms with Gasteiger partial charge in [-0.05, 0) is 12.1 Å². The molecule has 0 amide bonds. The molecular formula is C11H11NO4. The maximum Gasteiger partial charge on any atom is 0.354 e. The maximum absolute atomic E-state index is 11.4. The maximum atomic E-state index is 11.4. The molecule has 2 aromatic rings. The van der Waals surface area contributed by atoms with Crippen LogP contribution in [0.4, 0.5) is 0 Å². The average molecular weight is 223 g/mol. The van der Waals surface area contributed by atoms with Gasteiger partial charge in [0.2, 0.25) is 0 Å². The number of rotatable bonds is 2. The van der Waals surface area contributed by atoms with Crippen LogP contribution in [0.2, 0.25) is 0 Å². The lowest BCUT2D eigenvalue weighted by Crippen LogP contribution is -2.00. The summed E-state index contributed by atoms with van der Waals surface area (Å²) < 4.78 is 25.0. The summed E-state index contributed by atoms with van der Waals surface area (Å²) in [6, 6.07) is 0.980. The Kier molecular flexibility index (Phi) is 1.89. The molecule has 0 spiro atoms. The van der Waals surface area contributed by atoms with Crippen molar-refractivity contribution in [3.63, 3.8) is 0 Å². The summed E-state index contributed by atoms with van der Waals surface area (Å²) in [6.45, 7) is 0. The largest absolute Gasteiger partial charge is 0.504 e. The Morgan fingerprint density at radius 2 is 2.25 bits per heavy atom. The van der Waals surface area contributed by atoms with Crippen molar-refractivity contribution in [2.24, 2.45) is 0 Å². The molecule has 16 heavy (non-hydrogen) atoms. The molecule has 0 atom stereocenters. The van der Waals surface area contributed by atoms with Crippen molar-refractivity contribution in [2.75, 3.05) is 14.2 Å². The Balaban J connectivity index is 2.80. The Bertz CT molecular complexity index is 636. The van der Waals surface area contributed by atoms with Crippen LogP contribution in [0, 0.1) is 0 Å². The van der Waals surface area contributed by atoms with Gasteiger partial charge in [-0.2, -0.15) is 0 Å². The third-order valence-electron chi connectivity index (χ3n) is 2.14. The molecule has 1 aromatic heterocycles. The van der Waals surface area contributed by atoms with Crippen LogP contribution in [0.1, 0.15) is 13.2 Å². The number of aromatic amines is 1. The minimum absolute atomic E-state index is 0.0614. The number of ether oxygens (including phenoxy) is 2. The standard InChI is InChI=1S/C11H11NO4/c1-15-10-5-7-6(4-9(10)13)3-8(12-7)11(14)16-2/h3-5,12-13H,1-2H3/i3D,4D. The molecule has 0 aliphatic heterocycles. The van der Waals surface area contributed by atoms with E-state index >= 15 is 0 Å². The molecule has 1 heterocycles. The number of carbonyl (C=O) groups is 1. The summed E-state index contributed by atoms with van der Waals surface area (Å²) in [6.07, 6.45) is 0. The van der Waals surface area contributed by atoms with E-state index in [9.17, 15) is 9.90 Å². The van der Waals surface area contributed by atoms with Crippen molar-refractivity contribution < 1.29 is 22.1 Å². The number of esters is 1. The first kappa shape index (κ1) is 8.04. The number of hydrogen-bond donors (Lipinski definition) is 2. The predicted octanol–water partition coefficient (Wildman–Crippen LogP) is 1.67. The number of nitrogens with one attached hydrogen (secondary N) is 1. The van der Waals surface area contributed by atoms with Crippen LogP contribution in [0.25, 0.3) is 10.9 Å².